The molecule has 0 aliphatic rings. The van der Waals surface area contributed by atoms with Crippen molar-refractivity contribution in [3.05, 3.63) is 77.7 Å². The highest BCUT2D eigenvalue weighted by Gasteiger charge is 2.32. The second-order valence-corrected chi connectivity index (χ2v) is 9.10. The van der Waals surface area contributed by atoms with Gasteiger partial charge in [-0.1, -0.05) is 12.1 Å². The van der Waals surface area contributed by atoms with Gasteiger partial charge in [0, 0.05) is 12.6 Å². The van der Waals surface area contributed by atoms with Crippen molar-refractivity contribution in [3.63, 3.8) is 0 Å². The lowest BCUT2D eigenvalue weighted by atomic mass is 10.1. The predicted molar refractivity (Wildman–Crippen MR) is 116 cm³/mol. The van der Waals surface area contributed by atoms with E-state index in [0.717, 1.165) is 18.2 Å². The minimum atomic E-state index is -4.72. The van der Waals surface area contributed by atoms with Crippen LogP contribution in [0.15, 0.2) is 70.2 Å². The molecule has 3 aromatic rings. The van der Waals surface area contributed by atoms with Gasteiger partial charge in [0.2, 0.25) is 0 Å². The summed E-state index contributed by atoms with van der Waals surface area (Å²) in [7, 11) is -3.33. The van der Waals surface area contributed by atoms with Crippen molar-refractivity contribution in [2.45, 2.75) is 37.5 Å². The van der Waals surface area contributed by atoms with Crippen LogP contribution in [0.25, 0.3) is 0 Å². The molecule has 0 unspecified atom stereocenters. The molecule has 0 saturated heterocycles. The SMILES string of the molecule is COc1ccc(CN(C(=O)c2ccco2)C(C)C)cc1OS(=O)(=O)c1cccc(C(F)(F)F)c1. The molecule has 3 rings (SSSR count). The molecule has 0 atom stereocenters. The van der Waals surface area contributed by atoms with E-state index in [1.54, 1.807) is 26.0 Å². The van der Waals surface area contributed by atoms with Crippen LogP contribution in [-0.4, -0.2) is 32.4 Å². The van der Waals surface area contributed by atoms with Crippen LogP contribution in [0.1, 0.15) is 35.5 Å². The topological polar surface area (TPSA) is 86.0 Å². The summed E-state index contributed by atoms with van der Waals surface area (Å²) in [5.74, 6) is -0.403. The van der Waals surface area contributed by atoms with E-state index in [4.69, 9.17) is 13.3 Å². The van der Waals surface area contributed by atoms with Crippen LogP contribution in [0, 0.1) is 0 Å². The summed E-state index contributed by atoms with van der Waals surface area (Å²) in [4.78, 5) is 13.6. The quantitative estimate of drug-likeness (QED) is 0.402. The van der Waals surface area contributed by atoms with Crippen molar-refractivity contribution in [1.82, 2.24) is 4.90 Å². The minimum absolute atomic E-state index is 0.0489. The van der Waals surface area contributed by atoms with Crippen molar-refractivity contribution in [2.24, 2.45) is 0 Å². The average Bonchev–Trinajstić information content (AvgIpc) is 3.31. The summed E-state index contributed by atoms with van der Waals surface area (Å²) in [6.07, 6.45) is -3.34. The van der Waals surface area contributed by atoms with Crippen LogP contribution in [0.5, 0.6) is 11.5 Å². The van der Waals surface area contributed by atoms with Gasteiger partial charge < -0.3 is 18.2 Å². The molecule has 0 radical (unpaired) electrons. The Morgan fingerprint density at radius 3 is 2.38 bits per heavy atom. The number of halogens is 3. The van der Waals surface area contributed by atoms with Crippen LogP contribution in [0.4, 0.5) is 13.2 Å². The molecule has 0 N–H and O–H groups in total. The average molecular weight is 497 g/mol. The van der Waals surface area contributed by atoms with E-state index in [1.165, 1.54) is 36.5 Å². The number of carbonyl (C=O) groups is 1. The number of carbonyl (C=O) groups excluding carboxylic acids is 1. The van der Waals surface area contributed by atoms with E-state index in [2.05, 4.69) is 0 Å². The highest BCUT2D eigenvalue weighted by molar-refractivity contribution is 7.87. The molecule has 1 heterocycles. The molecule has 0 spiro atoms. The molecule has 2 aromatic carbocycles. The van der Waals surface area contributed by atoms with E-state index in [-0.39, 0.29) is 35.8 Å². The molecule has 0 fully saturated rings. The fourth-order valence-electron chi connectivity index (χ4n) is 3.11. The van der Waals surface area contributed by atoms with Crippen molar-refractivity contribution < 1.29 is 39.7 Å². The van der Waals surface area contributed by atoms with Crippen LogP contribution in [0.2, 0.25) is 0 Å². The Labute approximate surface area is 194 Å². The number of hydrogen-bond donors (Lipinski definition) is 0. The number of benzene rings is 2. The van der Waals surface area contributed by atoms with Gasteiger partial charge in [-0.2, -0.15) is 21.6 Å². The van der Waals surface area contributed by atoms with Gasteiger partial charge >= 0.3 is 16.3 Å². The Balaban J connectivity index is 1.91. The predicted octanol–water partition coefficient (Wildman–Crippen LogP) is 5.13. The fraction of sp³-hybridized carbons (Fsp3) is 0.261. The van der Waals surface area contributed by atoms with Gasteiger partial charge in [-0.05, 0) is 61.9 Å². The first-order chi connectivity index (χ1) is 15.9. The van der Waals surface area contributed by atoms with Gasteiger partial charge in [0.05, 0.1) is 18.9 Å². The van der Waals surface area contributed by atoms with E-state index >= 15 is 0 Å². The number of methoxy groups -OCH3 is 1. The molecule has 0 aliphatic heterocycles. The van der Waals surface area contributed by atoms with Crippen molar-refractivity contribution >= 4 is 16.0 Å². The Bertz CT molecular complexity index is 1250. The van der Waals surface area contributed by atoms with Gasteiger partial charge in [-0.3, -0.25) is 4.79 Å². The van der Waals surface area contributed by atoms with Gasteiger partial charge in [0.25, 0.3) is 5.91 Å². The first kappa shape index (κ1) is 25.2. The highest BCUT2D eigenvalue weighted by Crippen LogP contribution is 2.34. The van der Waals surface area contributed by atoms with Crippen molar-refractivity contribution in [2.75, 3.05) is 7.11 Å². The number of amides is 1. The zero-order chi connectivity index (χ0) is 25.1. The van der Waals surface area contributed by atoms with Gasteiger partial charge in [-0.25, -0.2) is 0 Å². The summed E-state index contributed by atoms with van der Waals surface area (Å²) >= 11 is 0. The lowest BCUT2D eigenvalue weighted by Crippen LogP contribution is -2.36. The Hall–Kier alpha value is -3.47. The van der Waals surface area contributed by atoms with E-state index in [0.29, 0.717) is 11.6 Å². The number of ether oxygens (including phenoxy) is 1. The summed E-state index contributed by atoms with van der Waals surface area (Å²) in [5.41, 5.74) is -0.620. The van der Waals surface area contributed by atoms with Gasteiger partial charge in [-0.15, -0.1) is 0 Å². The van der Waals surface area contributed by atoms with Crippen LogP contribution >= 0.6 is 0 Å². The largest absolute Gasteiger partial charge is 0.493 e. The summed E-state index contributed by atoms with van der Waals surface area (Å²) in [6.45, 7) is 3.70. The third-order valence-electron chi connectivity index (χ3n) is 4.85. The first-order valence-corrected chi connectivity index (χ1v) is 11.5. The zero-order valence-corrected chi connectivity index (χ0v) is 19.3. The van der Waals surface area contributed by atoms with E-state index < -0.39 is 26.8 Å². The maximum absolute atomic E-state index is 13.0. The van der Waals surface area contributed by atoms with Crippen molar-refractivity contribution in [3.8, 4) is 11.5 Å². The molecule has 0 bridgehead atoms. The van der Waals surface area contributed by atoms with Crippen LogP contribution < -0.4 is 8.92 Å². The second kappa shape index (κ2) is 9.80. The second-order valence-electron chi connectivity index (χ2n) is 7.55. The number of alkyl halides is 3. The molecule has 7 nitrogen and oxygen atoms in total. The number of hydrogen-bond acceptors (Lipinski definition) is 6. The molecular weight excluding hydrogens is 475 g/mol. The third-order valence-corrected chi connectivity index (χ3v) is 6.08. The molecule has 182 valence electrons. The third kappa shape index (κ3) is 5.71. The van der Waals surface area contributed by atoms with Crippen LogP contribution in [-0.2, 0) is 22.8 Å². The highest BCUT2D eigenvalue weighted by atomic mass is 32.2. The number of furan rings is 1. The Morgan fingerprint density at radius 1 is 1.06 bits per heavy atom. The Morgan fingerprint density at radius 2 is 1.79 bits per heavy atom. The molecule has 34 heavy (non-hydrogen) atoms. The normalized spacial score (nSPS) is 12.0. The number of nitrogens with zero attached hydrogens (tertiary/aromatic N) is 1. The molecule has 11 heteroatoms. The molecule has 0 saturated carbocycles. The summed E-state index contributed by atoms with van der Waals surface area (Å²) in [6, 6.07) is 10.6. The maximum atomic E-state index is 13.0. The van der Waals surface area contributed by atoms with E-state index in [9.17, 15) is 26.4 Å². The lowest BCUT2D eigenvalue weighted by molar-refractivity contribution is -0.137. The standard InChI is InChI=1S/C23H22F3NO6S/c1-15(2)27(22(28)20-8-5-11-32-20)14-16-9-10-19(31-3)21(12-16)33-34(29,30)18-7-4-6-17(13-18)23(24,25)26/h4-13,15H,14H2,1-3H3. The van der Waals surface area contributed by atoms with E-state index in [1.807, 2.05) is 0 Å². The fourth-order valence-corrected chi connectivity index (χ4v) is 4.09. The zero-order valence-electron chi connectivity index (χ0n) is 18.5. The number of rotatable bonds is 8. The van der Waals surface area contributed by atoms with Gasteiger partial charge in [0.15, 0.2) is 17.3 Å². The summed E-state index contributed by atoms with van der Waals surface area (Å²) in [5, 5.41) is 0. The first-order valence-electron chi connectivity index (χ1n) is 10.1. The lowest BCUT2D eigenvalue weighted by Gasteiger charge is -2.26. The molecule has 0 aliphatic carbocycles. The monoisotopic (exact) mass is 497 g/mol. The molecule has 1 amide bonds. The van der Waals surface area contributed by atoms with Crippen LogP contribution in [0.3, 0.4) is 0 Å². The maximum Gasteiger partial charge on any atom is 0.416 e. The van der Waals surface area contributed by atoms with Crippen molar-refractivity contribution in [1.29, 1.82) is 0 Å². The smallest absolute Gasteiger partial charge is 0.416 e. The van der Waals surface area contributed by atoms with Gasteiger partial charge in [0.1, 0.15) is 4.90 Å². The minimum Gasteiger partial charge on any atom is -0.493 e. The Kier molecular flexibility index (Phi) is 7.25. The molecule has 1 aromatic heterocycles. The molecular formula is C23H22F3NO6S. The summed E-state index contributed by atoms with van der Waals surface area (Å²) < 4.78 is 80.0.